The molecule has 4 nitrogen and oxygen atoms in total. The molecule has 1 amide bonds. The Morgan fingerprint density at radius 1 is 1.50 bits per heavy atom. The first-order valence-corrected chi connectivity index (χ1v) is 6.66. The number of ether oxygens (including phenoxy) is 1. The van der Waals surface area contributed by atoms with E-state index >= 15 is 0 Å². The van der Waals surface area contributed by atoms with Gasteiger partial charge in [0.25, 0.3) is 0 Å². The van der Waals surface area contributed by atoms with Crippen LogP contribution in [0.3, 0.4) is 0 Å². The fourth-order valence-corrected chi connectivity index (χ4v) is 3.72. The van der Waals surface area contributed by atoms with Crippen LogP contribution in [0.25, 0.3) is 0 Å². The van der Waals surface area contributed by atoms with Crippen molar-refractivity contribution in [2.75, 3.05) is 18.8 Å². The Labute approximate surface area is 101 Å². The predicted molar refractivity (Wildman–Crippen MR) is 65.6 cm³/mol. The lowest BCUT2D eigenvalue weighted by molar-refractivity contribution is 0.00413. The second-order valence-corrected chi connectivity index (χ2v) is 7.28. The zero-order valence-electron chi connectivity index (χ0n) is 10.2. The summed E-state index contributed by atoms with van der Waals surface area (Å²) in [6.07, 6.45) is 0.830. The molecule has 2 saturated heterocycles. The zero-order chi connectivity index (χ0) is 12.0. The van der Waals surface area contributed by atoms with Crippen molar-refractivity contribution in [2.24, 2.45) is 5.73 Å². The predicted octanol–water partition coefficient (Wildman–Crippen LogP) is 1.44. The molecule has 1 spiro atoms. The minimum absolute atomic E-state index is 0.195. The van der Waals surface area contributed by atoms with Crippen LogP contribution in [0.4, 0.5) is 4.79 Å². The molecule has 1 atom stereocenters. The molecule has 2 heterocycles. The average Bonchev–Trinajstić information content (AvgIpc) is 2.41. The molecule has 5 heteroatoms. The maximum Gasteiger partial charge on any atom is 0.410 e. The maximum absolute atomic E-state index is 11.7. The van der Waals surface area contributed by atoms with Gasteiger partial charge in [-0.2, -0.15) is 0 Å². The van der Waals surface area contributed by atoms with Crippen molar-refractivity contribution in [3.05, 3.63) is 0 Å². The van der Waals surface area contributed by atoms with Gasteiger partial charge in [0.1, 0.15) is 5.60 Å². The molecule has 1 unspecified atom stereocenters. The normalized spacial score (nSPS) is 28.0. The molecule has 2 rings (SSSR count). The van der Waals surface area contributed by atoms with Crippen molar-refractivity contribution in [3.63, 3.8) is 0 Å². The molecule has 0 saturated carbocycles. The molecule has 2 aliphatic heterocycles. The van der Waals surface area contributed by atoms with Crippen LogP contribution in [0.1, 0.15) is 27.2 Å². The van der Waals surface area contributed by atoms with E-state index < -0.39 is 5.60 Å². The number of carbonyl (C=O) groups excluding carboxylic acids is 1. The summed E-state index contributed by atoms with van der Waals surface area (Å²) in [6, 6.07) is 0.297. The SMILES string of the molecule is CC(C)(C)OC(=O)N1CC2(CC(N)CS2)C1. The molecule has 2 fully saturated rings. The van der Waals surface area contributed by atoms with E-state index in [0.29, 0.717) is 6.04 Å². The number of nitrogens with two attached hydrogens (primary N) is 1. The quantitative estimate of drug-likeness (QED) is 0.700. The highest BCUT2D eigenvalue weighted by molar-refractivity contribution is 8.01. The summed E-state index contributed by atoms with van der Waals surface area (Å²) < 4.78 is 5.55. The van der Waals surface area contributed by atoms with Crippen molar-refractivity contribution in [2.45, 2.75) is 43.6 Å². The van der Waals surface area contributed by atoms with Gasteiger partial charge in [-0.1, -0.05) is 0 Å². The van der Waals surface area contributed by atoms with E-state index in [0.717, 1.165) is 25.3 Å². The van der Waals surface area contributed by atoms with Crippen LogP contribution >= 0.6 is 11.8 Å². The van der Waals surface area contributed by atoms with Crippen molar-refractivity contribution < 1.29 is 9.53 Å². The Balaban J connectivity index is 1.82. The van der Waals surface area contributed by atoms with Gasteiger partial charge in [0.15, 0.2) is 0 Å². The van der Waals surface area contributed by atoms with Crippen LogP contribution in [0.5, 0.6) is 0 Å². The number of hydrogen-bond donors (Lipinski definition) is 1. The highest BCUT2D eigenvalue weighted by Gasteiger charge is 2.50. The van der Waals surface area contributed by atoms with Crippen LogP contribution < -0.4 is 5.73 Å². The van der Waals surface area contributed by atoms with E-state index in [1.54, 1.807) is 4.90 Å². The first kappa shape index (κ1) is 12.0. The smallest absolute Gasteiger partial charge is 0.410 e. The molecule has 0 aliphatic carbocycles. The topological polar surface area (TPSA) is 55.6 Å². The summed E-state index contributed by atoms with van der Waals surface area (Å²) in [4.78, 5) is 13.5. The number of nitrogens with zero attached hydrogens (tertiary/aromatic N) is 1. The van der Waals surface area contributed by atoms with Gasteiger partial charge < -0.3 is 15.4 Å². The Morgan fingerprint density at radius 2 is 2.12 bits per heavy atom. The maximum atomic E-state index is 11.7. The van der Waals surface area contributed by atoms with Crippen LogP contribution in [0, 0.1) is 0 Å². The van der Waals surface area contributed by atoms with E-state index in [4.69, 9.17) is 10.5 Å². The molecule has 0 radical (unpaired) electrons. The third kappa shape index (κ3) is 2.46. The Hall–Kier alpha value is -0.420. The minimum Gasteiger partial charge on any atom is -0.444 e. The molecular weight excluding hydrogens is 224 g/mol. The molecule has 2 N–H and O–H groups in total. The fraction of sp³-hybridized carbons (Fsp3) is 0.909. The first-order valence-electron chi connectivity index (χ1n) is 5.67. The van der Waals surface area contributed by atoms with Gasteiger partial charge in [-0.25, -0.2) is 4.79 Å². The Kier molecular flexibility index (Phi) is 2.87. The summed E-state index contributed by atoms with van der Waals surface area (Å²) in [6.45, 7) is 7.25. The summed E-state index contributed by atoms with van der Waals surface area (Å²) in [5, 5.41) is 0. The van der Waals surface area contributed by atoms with E-state index in [-0.39, 0.29) is 10.8 Å². The van der Waals surface area contributed by atoms with Gasteiger partial charge in [0.05, 0.1) is 4.75 Å². The molecule has 92 valence electrons. The molecule has 0 aromatic carbocycles. The van der Waals surface area contributed by atoms with Gasteiger partial charge >= 0.3 is 6.09 Å². The summed E-state index contributed by atoms with van der Waals surface area (Å²) in [7, 11) is 0. The number of hydrogen-bond acceptors (Lipinski definition) is 4. The van der Waals surface area contributed by atoms with E-state index in [9.17, 15) is 4.79 Å². The molecule has 16 heavy (non-hydrogen) atoms. The third-order valence-electron chi connectivity index (χ3n) is 2.85. The molecule has 0 aromatic heterocycles. The molecular formula is C11H20N2O2S. The van der Waals surface area contributed by atoms with E-state index in [1.807, 2.05) is 32.5 Å². The summed E-state index contributed by atoms with van der Waals surface area (Å²) in [5.74, 6) is 1.02. The number of thioether (sulfide) groups is 1. The zero-order valence-corrected chi connectivity index (χ0v) is 11.0. The first-order chi connectivity index (χ1) is 7.30. The van der Waals surface area contributed by atoms with Gasteiger partial charge in [-0.3, -0.25) is 0 Å². The molecule has 2 aliphatic rings. The van der Waals surface area contributed by atoms with Crippen molar-refractivity contribution >= 4 is 17.9 Å². The van der Waals surface area contributed by atoms with Crippen LogP contribution in [0.15, 0.2) is 0 Å². The summed E-state index contributed by atoms with van der Waals surface area (Å²) in [5.41, 5.74) is 5.48. The largest absolute Gasteiger partial charge is 0.444 e. The average molecular weight is 244 g/mol. The van der Waals surface area contributed by atoms with Crippen LogP contribution in [-0.2, 0) is 4.74 Å². The number of amides is 1. The van der Waals surface area contributed by atoms with Gasteiger partial charge in [0.2, 0.25) is 0 Å². The molecule has 0 bridgehead atoms. The highest BCUT2D eigenvalue weighted by atomic mass is 32.2. The van der Waals surface area contributed by atoms with E-state index in [1.165, 1.54) is 0 Å². The van der Waals surface area contributed by atoms with Crippen molar-refractivity contribution in [1.82, 2.24) is 4.90 Å². The standard InChI is InChI=1S/C11H20N2O2S/c1-10(2,3)15-9(14)13-6-11(7-13)4-8(12)5-16-11/h8H,4-7,12H2,1-3H3. The highest BCUT2D eigenvalue weighted by Crippen LogP contribution is 2.44. The minimum atomic E-state index is -0.404. The lowest BCUT2D eigenvalue weighted by atomic mass is 9.93. The van der Waals surface area contributed by atoms with Gasteiger partial charge in [-0.15, -0.1) is 11.8 Å². The molecule has 0 aromatic rings. The van der Waals surface area contributed by atoms with Crippen molar-refractivity contribution in [1.29, 1.82) is 0 Å². The lowest BCUT2D eigenvalue weighted by Crippen LogP contribution is -2.61. The number of rotatable bonds is 0. The monoisotopic (exact) mass is 244 g/mol. The number of likely N-dealkylation sites (tertiary alicyclic amines) is 1. The lowest BCUT2D eigenvalue weighted by Gasteiger charge is -2.47. The Morgan fingerprint density at radius 3 is 2.56 bits per heavy atom. The van der Waals surface area contributed by atoms with Crippen molar-refractivity contribution in [3.8, 4) is 0 Å². The van der Waals surface area contributed by atoms with Crippen LogP contribution in [0.2, 0.25) is 0 Å². The second-order valence-electron chi connectivity index (χ2n) is 5.79. The van der Waals surface area contributed by atoms with Gasteiger partial charge in [-0.05, 0) is 27.2 Å². The second kappa shape index (κ2) is 3.81. The Bertz CT molecular complexity index is 295. The fourth-order valence-electron chi connectivity index (χ4n) is 2.20. The third-order valence-corrected chi connectivity index (χ3v) is 4.48. The van der Waals surface area contributed by atoms with Gasteiger partial charge in [0, 0.05) is 24.9 Å². The van der Waals surface area contributed by atoms with E-state index in [2.05, 4.69) is 0 Å². The summed E-state index contributed by atoms with van der Waals surface area (Å²) >= 11 is 1.90. The number of carbonyl (C=O) groups is 1. The van der Waals surface area contributed by atoms with Crippen LogP contribution in [-0.4, -0.2) is 46.2 Å².